The Balaban J connectivity index is 3.19. The first kappa shape index (κ1) is 12.3. The smallest absolute Gasteiger partial charge is 0.331 e. The van der Waals surface area contributed by atoms with Gasteiger partial charge in [-0.25, -0.2) is 4.79 Å². The lowest BCUT2D eigenvalue weighted by molar-refractivity contribution is -0.132. The Morgan fingerprint density at radius 3 is 2.19 bits per heavy atom. The first-order valence-electron chi connectivity index (χ1n) is 5.02. The van der Waals surface area contributed by atoms with Crippen LogP contribution in [0.25, 0.3) is 6.08 Å². The maximum Gasteiger partial charge on any atom is 0.331 e. The van der Waals surface area contributed by atoms with Crippen molar-refractivity contribution < 1.29 is 14.6 Å². The molecule has 0 spiro atoms. The van der Waals surface area contributed by atoms with Gasteiger partial charge in [0.25, 0.3) is 0 Å². The highest BCUT2D eigenvalue weighted by Gasteiger charge is 2.05. The first-order valence-corrected chi connectivity index (χ1v) is 5.02. The summed E-state index contributed by atoms with van der Waals surface area (Å²) < 4.78 is 5.25. The van der Waals surface area contributed by atoms with Gasteiger partial charge in [0.1, 0.15) is 5.75 Å². The van der Waals surface area contributed by atoms with Crippen LogP contribution in [0.15, 0.2) is 17.7 Å². The maximum atomic E-state index is 10.7. The number of rotatable bonds is 3. The predicted molar refractivity (Wildman–Crippen MR) is 63.8 cm³/mol. The minimum absolute atomic E-state index is 0.323. The third-order valence-corrected chi connectivity index (χ3v) is 2.41. The second-order valence-corrected chi connectivity index (χ2v) is 3.82. The molecular formula is C13H16O3. The second kappa shape index (κ2) is 4.84. The number of carbonyl (C=O) groups is 1. The third kappa shape index (κ3) is 2.63. The van der Waals surface area contributed by atoms with Gasteiger partial charge in [-0.3, -0.25) is 0 Å². The number of carboxylic acid groups (broad SMARTS) is 1. The standard InChI is InChI=1S/C13H16O3/c1-8-5-11(7-10(3)13(14)15)6-9(2)12(8)16-4/h5-7H,1-4H3,(H,14,15)/b10-7+. The normalized spacial score (nSPS) is 11.4. The number of carboxylic acids is 1. The Hall–Kier alpha value is -1.77. The molecule has 0 saturated heterocycles. The van der Waals surface area contributed by atoms with E-state index in [0.29, 0.717) is 5.57 Å². The summed E-state index contributed by atoms with van der Waals surface area (Å²) >= 11 is 0. The fraction of sp³-hybridized carbons (Fsp3) is 0.308. The van der Waals surface area contributed by atoms with E-state index in [9.17, 15) is 4.79 Å². The van der Waals surface area contributed by atoms with Crippen LogP contribution in [-0.4, -0.2) is 18.2 Å². The number of ether oxygens (including phenoxy) is 1. The zero-order valence-corrected chi connectivity index (χ0v) is 10.00. The van der Waals surface area contributed by atoms with Crippen LogP contribution < -0.4 is 4.74 Å². The molecule has 0 aromatic heterocycles. The number of aryl methyl sites for hydroxylation is 2. The molecule has 0 amide bonds. The zero-order valence-electron chi connectivity index (χ0n) is 10.00. The molecule has 0 heterocycles. The average Bonchev–Trinajstić information content (AvgIpc) is 2.16. The van der Waals surface area contributed by atoms with E-state index < -0.39 is 5.97 Å². The molecule has 0 fully saturated rings. The van der Waals surface area contributed by atoms with Gasteiger partial charge in [-0.05, 0) is 55.7 Å². The van der Waals surface area contributed by atoms with Crippen LogP contribution in [0.4, 0.5) is 0 Å². The second-order valence-electron chi connectivity index (χ2n) is 3.82. The summed E-state index contributed by atoms with van der Waals surface area (Å²) in [5.74, 6) is -0.0451. The van der Waals surface area contributed by atoms with Gasteiger partial charge in [-0.1, -0.05) is 0 Å². The summed E-state index contributed by atoms with van der Waals surface area (Å²) in [4.78, 5) is 10.7. The van der Waals surface area contributed by atoms with Gasteiger partial charge in [0.2, 0.25) is 0 Å². The van der Waals surface area contributed by atoms with E-state index in [1.807, 2.05) is 26.0 Å². The topological polar surface area (TPSA) is 46.5 Å². The molecule has 1 rings (SSSR count). The van der Waals surface area contributed by atoms with Gasteiger partial charge < -0.3 is 9.84 Å². The summed E-state index contributed by atoms with van der Waals surface area (Å²) in [6.07, 6.45) is 1.65. The van der Waals surface area contributed by atoms with E-state index >= 15 is 0 Å². The Kier molecular flexibility index (Phi) is 3.72. The molecular weight excluding hydrogens is 204 g/mol. The van der Waals surface area contributed by atoms with Crippen molar-refractivity contribution in [2.24, 2.45) is 0 Å². The van der Waals surface area contributed by atoms with Gasteiger partial charge in [0, 0.05) is 5.57 Å². The van der Waals surface area contributed by atoms with Crippen LogP contribution in [0.5, 0.6) is 5.75 Å². The van der Waals surface area contributed by atoms with Crippen molar-refractivity contribution in [2.75, 3.05) is 7.11 Å². The van der Waals surface area contributed by atoms with Crippen molar-refractivity contribution in [3.05, 3.63) is 34.4 Å². The van der Waals surface area contributed by atoms with E-state index in [2.05, 4.69) is 0 Å². The van der Waals surface area contributed by atoms with Gasteiger partial charge in [0.15, 0.2) is 0 Å². The Morgan fingerprint density at radius 1 is 1.31 bits per heavy atom. The highest BCUT2D eigenvalue weighted by atomic mass is 16.5. The van der Waals surface area contributed by atoms with Crippen LogP contribution in [0, 0.1) is 13.8 Å². The molecule has 0 radical (unpaired) electrons. The van der Waals surface area contributed by atoms with Crippen LogP contribution >= 0.6 is 0 Å². The molecule has 0 aliphatic rings. The van der Waals surface area contributed by atoms with Crippen LogP contribution in [0.2, 0.25) is 0 Å². The molecule has 0 saturated carbocycles. The van der Waals surface area contributed by atoms with Crippen LogP contribution in [0.1, 0.15) is 23.6 Å². The summed E-state index contributed by atoms with van der Waals surface area (Å²) in [7, 11) is 1.63. The number of hydrogen-bond donors (Lipinski definition) is 1. The minimum Gasteiger partial charge on any atom is -0.496 e. The fourth-order valence-corrected chi connectivity index (χ4v) is 1.70. The molecule has 1 aromatic rings. The van der Waals surface area contributed by atoms with E-state index in [0.717, 1.165) is 22.4 Å². The molecule has 86 valence electrons. The van der Waals surface area contributed by atoms with Crippen molar-refractivity contribution in [1.82, 2.24) is 0 Å². The van der Waals surface area contributed by atoms with Crippen molar-refractivity contribution in [2.45, 2.75) is 20.8 Å². The molecule has 3 heteroatoms. The molecule has 16 heavy (non-hydrogen) atoms. The number of hydrogen-bond acceptors (Lipinski definition) is 2. The SMILES string of the molecule is COc1c(C)cc(/C=C(\C)C(=O)O)cc1C. The van der Waals surface area contributed by atoms with Crippen molar-refractivity contribution in [3.8, 4) is 5.75 Å². The Labute approximate surface area is 95.4 Å². The summed E-state index contributed by atoms with van der Waals surface area (Å²) in [5.41, 5.74) is 3.22. The molecule has 0 aliphatic carbocycles. The molecule has 1 N–H and O–H groups in total. The van der Waals surface area contributed by atoms with Crippen LogP contribution in [-0.2, 0) is 4.79 Å². The van der Waals surface area contributed by atoms with E-state index in [1.165, 1.54) is 0 Å². The van der Waals surface area contributed by atoms with Gasteiger partial charge in [-0.15, -0.1) is 0 Å². The number of methoxy groups -OCH3 is 1. The third-order valence-electron chi connectivity index (χ3n) is 2.41. The van der Waals surface area contributed by atoms with E-state index in [-0.39, 0.29) is 0 Å². The number of aliphatic carboxylic acids is 1. The lowest BCUT2D eigenvalue weighted by Gasteiger charge is -2.09. The maximum absolute atomic E-state index is 10.7. The Bertz CT molecular complexity index is 421. The summed E-state index contributed by atoms with van der Waals surface area (Å²) in [6, 6.07) is 3.83. The first-order chi connectivity index (χ1) is 7.45. The summed E-state index contributed by atoms with van der Waals surface area (Å²) in [6.45, 7) is 5.47. The largest absolute Gasteiger partial charge is 0.496 e. The zero-order chi connectivity index (χ0) is 12.3. The van der Waals surface area contributed by atoms with Crippen LogP contribution in [0.3, 0.4) is 0 Å². The monoisotopic (exact) mass is 220 g/mol. The number of benzene rings is 1. The Morgan fingerprint density at radius 2 is 1.81 bits per heavy atom. The molecule has 3 nitrogen and oxygen atoms in total. The van der Waals surface area contributed by atoms with E-state index in [4.69, 9.17) is 9.84 Å². The van der Waals surface area contributed by atoms with Crippen molar-refractivity contribution in [1.29, 1.82) is 0 Å². The predicted octanol–water partition coefficient (Wildman–Crippen LogP) is 2.80. The molecule has 0 bridgehead atoms. The molecule has 0 aliphatic heterocycles. The lowest BCUT2D eigenvalue weighted by atomic mass is 10.0. The van der Waals surface area contributed by atoms with Gasteiger partial charge >= 0.3 is 5.97 Å². The highest BCUT2D eigenvalue weighted by molar-refractivity contribution is 5.91. The highest BCUT2D eigenvalue weighted by Crippen LogP contribution is 2.25. The fourth-order valence-electron chi connectivity index (χ4n) is 1.70. The van der Waals surface area contributed by atoms with Crippen molar-refractivity contribution >= 4 is 12.0 Å². The molecule has 0 unspecified atom stereocenters. The van der Waals surface area contributed by atoms with Gasteiger partial charge in [0.05, 0.1) is 7.11 Å². The van der Waals surface area contributed by atoms with Crippen molar-refractivity contribution in [3.63, 3.8) is 0 Å². The molecule has 0 atom stereocenters. The average molecular weight is 220 g/mol. The van der Waals surface area contributed by atoms with Gasteiger partial charge in [-0.2, -0.15) is 0 Å². The quantitative estimate of drug-likeness (QED) is 0.797. The minimum atomic E-state index is -0.897. The lowest BCUT2D eigenvalue weighted by Crippen LogP contribution is -1.96. The van der Waals surface area contributed by atoms with E-state index in [1.54, 1.807) is 20.1 Å². The summed E-state index contributed by atoms with van der Waals surface area (Å²) in [5, 5.41) is 8.79. The molecule has 1 aromatic carbocycles.